The lowest BCUT2D eigenvalue weighted by atomic mass is 9.93. The molecule has 188 valence electrons. The predicted molar refractivity (Wildman–Crippen MR) is 143 cm³/mol. The van der Waals surface area contributed by atoms with Crippen molar-refractivity contribution in [1.82, 2.24) is 24.8 Å². The van der Waals surface area contributed by atoms with Crippen LogP contribution in [0.3, 0.4) is 0 Å². The Bertz CT molecular complexity index is 1100. The van der Waals surface area contributed by atoms with Crippen LogP contribution in [-0.2, 0) is 0 Å². The number of unbranched alkanes of at least 4 members (excludes halogenated alkanes) is 1. The molecule has 1 saturated carbocycles. The molecule has 1 saturated heterocycles. The average molecular weight is 477 g/mol. The topological polar surface area (TPSA) is 78.2 Å². The maximum Gasteiger partial charge on any atom is 0.224 e. The summed E-state index contributed by atoms with van der Waals surface area (Å²) in [5.74, 6) is 0.702. The molecule has 3 N–H and O–H groups in total. The lowest BCUT2D eigenvalue weighted by Crippen LogP contribution is -2.44. The fraction of sp³-hybridized carbons (Fsp3) is 0.571. The SMILES string of the molecule is CCCCNc1ncc2c(-c3ccc([C@H](C)N4CCNCC4)cc3)cn([C@H]3CC[C@H](O)CC3)c2n1. The zero-order valence-corrected chi connectivity index (χ0v) is 21.2. The molecule has 0 spiro atoms. The van der Waals surface area contributed by atoms with Crippen molar-refractivity contribution in [2.24, 2.45) is 0 Å². The molecule has 0 bridgehead atoms. The highest BCUT2D eigenvalue weighted by molar-refractivity contribution is 5.94. The number of nitrogens with zero attached hydrogens (tertiary/aromatic N) is 4. The highest BCUT2D eigenvalue weighted by atomic mass is 16.3. The molecule has 3 aromatic rings. The van der Waals surface area contributed by atoms with E-state index in [0.29, 0.717) is 18.0 Å². The number of aromatic nitrogens is 3. The van der Waals surface area contributed by atoms with Crippen molar-refractivity contribution in [3.63, 3.8) is 0 Å². The van der Waals surface area contributed by atoms with Gasteiger partial charge in [0.1, 0.15) is 5.65 Å². The van der Waals surface area contributed by atoms with Crippen molar-refractivity contribution in [3.05, 3.63) is 42.2 Å². The van der Waals surface area contributed by atoms with E-state index in [4.69, 9.17) is 4.98 Å². The number of aliphatic hydroxyl groups excluding tert-OH is 1. The summed E-state index contributed by atoms with van der Waals surface area (Å²) in [5, 5.41) is 18.0. The van der Waals surface area contributed by atoms with Crippen molar-refractivity contribution in [2.45, 2.75) is 70.6 Å². The first-order valence-electron chi connectivity index (χ1n) is 13.5. The second-order valence-electron chi connectivity index (χ2n) is 10.2. The Morgan fingerprint density at radius 3 is 2.57 bits per heavy atom. The molecule has 7 heteroatoms. The third-order valence-electron chi connectivity index (χ3n) is 7.85. The van der Waals surface area contributed by atoms with Gasteiger partial charge >= 0.3 is 0 Å². The van der Waals surface area contributed by atoms with Crippen LogP contribution in [-0.4, -0.2) is 63.4 Å². The average Bonchev–Trinajstić information content (AvgIpc) is 3.28. The second kappa shape index (κ2) is 11.1. The van der Waals surface area contributed by atoms with Crippen LogP contribution in [0.5, 0.6) is 0 Å². The number of aliphatic hydroxyl groups is 1. The van der Waals surface area contributed by atoms with Crippen molar-refractivity contribution in [1.29, 1.82) is 0 Å². The predicted octanol–water partition coefficient (Wildman–Crippen LogP) is 4.75. The normalized spacial score (nSPS) is 22.4. The Hall–Kier alpha value is -2.48. The Kier molecular flexibility index (Phi) is 7.66. The van der Waals surface area contributed by atoms with Crippen LogP contribution in [0.25, 0.3) is 22.2 Å². The van der Waals surface area contributed by atoms with Crippen LogP contribution in [0.2, 0.25) is 0 Å². The third-order valence-corrected chi connectivity index (χ3v) is 7.85. The van der Waals surface area contributed by atoms with Crippen LogP contribution < -0.4 is 10.6 Å². The number of rotatable bonds is 8. The molecular weight excluding hydrogens is 436 g/mol. The first-order valence-corrected chi connectivity index (χ1v) is 13.5. The largest absolute Gasteiger partial charge is 0.393 e. The van der Waals surface area contributed by atoms with Crippen molar-refractivity contribution >= 4 is 17.0 Å². The number of nitrogens with one attached hydrogen (secondary N) is 2. The minimum absolute atomic E-state index is 0.168. The summed E-state index contributed by atoms with van der Waals surface area (Å²) >= 11 is 0. The molecule has 1 aromatic carbocycles. The van der Waals surface area contributed by atoms with Crippen LogP contribution in [0.1, 0.15) is 70.0 Å². The van der Waals surface area contributed by atoms with Gasteiger partial charge in [-0.25, -0.2) is 4.98 Å². The van der Waals surface area contributed by atoms with Crippen molar-refractivity contribution in [2.75, 3.05) is 38.0 Å². The van der Waals surface area contributed by atoms with E-state index in [9.17, 15) is 5.11 Å². The summed E-state index contributed by atoms with van der Waals surface area (Å²) in [5.41, 5.74) is 4.75. The molecule has 0 unspecified atom stereocenters. The Balaban J connectivity index is 1.45. The number of hydrogen-bond donors (Lipinski definition) is 3. The lowest BCUT2D eigenvalue weighted by molar-refractivity contribution is 0.111. The monoisotopic (exact) mass is 476 g/mol. The molecule has 0 radical (unpaired) electrons. The van der Waals surface area contributed by atoms with E-state index >= 15 is 0 Å². The van der Waals surface area contributed by atoms with Crippen LogP contribution >= 0.6 is 0 Å². The smallest absolute Gasteiger partial charge is 0.224 e. The van der Waals surface area contributed by atoms with E-state index in [-0.39, 0.29) is 6.10 Å². The first-order chi connectivity index (χ1) is 17.1. The zero-order chi connectivity index (χ0) is 24.2. The molecule has 2 aromatic heterocycles. The van der Waals surface area contributed by atoms with E-state index < -0.39 is 0 Å². The quantitative estimate of drug-likeness (QED) is 0.407. The van der Waals surface area contributed by atoms with E-state index in [0.717, 1.165) is 82.3 Å². The minimum Gasteiger partial charge on any atom is -0.393 e. The summed E-state index contributed by atoms with van der Waals surface area (Å²) in [6.07, 6.45) is 10.00. The molecule has 1 aliphatic heterocycles. The number of anilines is 1. The molecule has 3 heterocycles. The van der Waals surface area contributed by atoms with Crippen molar-refractivity contribution < 1.29 is 5.11 Å². The van der Waals surface area contributed by atoms with Crippen molar-refractivity contribution in [3.8, 4) is 11.1 Å². The van der Waals surface area contributed by atoms with Gasteiger partial charge in [-0.05, 0) is 50.2 Å². The van der Waals surface area contributed by atoms with E-state index in [1.54, 1.807) is 0 Å². The molecule has 5 rings (SSSR count). The molecule has 2 fully saturated rings. The highest BCUT2D eigenvalue weighted by Crippen LogP contribution is 2.37. The van der Waals surface area contributed by atoms with Gasteiger partial charge in [-0.15, -0.1) is 0 Å². The fourth-order valence-electron chi connectivity index (χ4n) is 5.56. The maximum absolute atomic E-state index is 10.0. The van der Waals surface area contributed by atoms with Crippen LogP contribution in [0.4, 0.5) is 5.95 Å². The van der Waals surface area contributed by atoms with Gasteiger partial charge < -0.3 is 20.3 Å². The Morgan fingerprint density at radius 1 is 1.11 bits per heavy atom. The molecular formula is C28H40N6O. The zero-order valence-electron chi connectivity index (χ0n) is 21.2. The molecule has 7 nitrogen and oxygen atoms in total. The molecule has 0 amide bonds. The van der Waals surface area contributed by atoms with Gasteiger partial charge in [-0.1, -0.05) is 37.6 Å². The van der Waals surface area contributed by atoms with E-state index in [2.05, 4.69) is 69.4 Å². The summed E-state index contributed by atoms with van der Waals surface area (Å²) < 4.78 is 2.35. The van der Waals surface area contributed by atoms with Crippen LogP contribution in [0, 0.1) is 0 Å². The van der Waals surface area contributed by atoms with Gasteiger partial charge in [-0.3, -0.25) is 4.90 Å². The van der Waals surface area contributed by atoms with Gasteiger partial charge in [0.05, 0.1) is 6.10 Å². The summed E-state index contributed by atoms with van der Waals surface area (Å²) in [6.45, 7) is 9.71. The first kappa shape index (κ1) is 24.2. The summed E-state index contributed by atoms with van der Waals surface area (Å²) in [4.78, 5) is 12.2. The molecule has 2 aliphatic rings. The van der Waals surface area contributed by atoms with E-state index in [1.807, 2.05) is 6.20 Å². The Morgan fingerprint density at radius 2 is 1.86 bits per heavy atom. The van der Waals surface area contributed by atoms with Gasteiger partial charge in [0.2, 0.25) is 5.95 Å². The fourth-order valence-corrected chi connectivity index (χ4v) is 5.56. The lowest BCUT2D eigenvalue weighted by Gasteiger charge is -2.33. The van der Waals surface area contributed by atoms with Gasteiger partial charge in [0.15, 0.2) is 0 Å². The molecule has 1 atom stereocenters. The second-order valence-corrected chi connectivity index (χ2v) is 10.2. The third kappa shape index (κ3) is 5.37. The number of fused-ring (bicyclic) bond motifs is 1. The molecule has 35 heavy (non-hydrogen) atoms. The summed E-state index contributed by atoms with van der Waals surface area (Å²) in [6, 6.07) is 9.85. The number of hydrogen-bond acceptors (Lipinski definition) is 6. The highest BCUT2D eigenvalue weighted by Gasteiger charge is 2.24. The molecule has 1 aliphatic carbocycles. The minimum atomic E-state index is -0.168. The standard InChI is InChI=1S/C28H40N6O/c1-3-4-13-30-28-31-18-25-26(19-34(27(25)32-28)23-9-11-24(35)12-10-23)22-7-5-21(6-8-22)20(2)33-16-14-29-15-17-33/h5-8,18-20,23-24,29,35H,3-4,9-17H2,1-2H3,(H,30,31,32)/t20-,23-,24-/m0/s1. The summed E-state index contributed by atoms with van der Waals surface area (Å²) in [7, 11) is 0. The van der Waals surface area contributed by atoms with Gasteiger partial charge in [0, 0.05) is 68.2 Å². The van der Waals surface area contributed by atoms with Gasteiger partial charge in [0.25, 0.3) is 0 Å². The number of benzene rings is 1. The number of piperazine rings is 1. The van der Waals surface area contributed by atoms with E-state index in [1.165, 1.54) is 16.7 Å². The maximum atomic E-state index is 10.0. The Labute approximate surface area is 209 Å². The van der Waals surface area contributed by atoms with Gasteiger partial charge in [-0.2, -0.15) is 4.98 Å². The van der Waals surface area contributed by atoms with Crippen LogP contribution in [0.15, 0.2) is 36.7 Å².